The maximum Gasteiger partial charge on any atom is 0.356 e. The molecule has 0 saturated heterocycles. The fourth-order valence-electron chi connectivity index (χ4n) is 3.36. The highest BCUT2D eigenvalue weighted by molar-refractivity contribution is 6.86. The molecule has 0 fully saturated rings. The Morgan fingerprint density at radius 2 is 1.33 bits per heavy atom. The summed E-state index contributed by atoms with van der Waals surface area (Å²) in [7, 11) is 0. The number of unbranched alkanes of at least 4 members (excludes halogenated alkanes) is 5. The Morgan fingerprint density at radius 3 is 1.80 bits per heavy atom. The number of alkyl halides is 3. The molecule has 0 aliphatic rings. The van der Waals surface area contributed by atoms with Crippen molar-refractivity contribution >= 4 is 17.6 Å². The first kappa shape index (κ1) is 23.8. The lowest BCUT2D eigenvalue weighted by atomic mass is 9.40. The summed E-state index contributed by atoms with van der Waals surface area (Å²) in [5.41, 5.74) is 0.539. The highest BCUT2D eigenvalue weighted by atomic mass is 19.4. The zero-order chi connectivity index (χ0) is 21.7. The van der Waals surface area contributed by atoms with Crippen molar-refractivity contribution in [1.29, 1.82) is 0 Å². The molecular weight excluding hydrogens is 384 g/mol. The van der Waals surface area contributed by atoms with Crippen LogP contribution < -0.4 is 10.9 Å². The summed E-state index contributed by atoms with van der Waals surface area (Å²) < 4.78 is 41.4. The molecule has 0 bridgehead atoms. The number of nitrogens with zero attached hydrogens (tertiary/aromatic N) is 2. The predicted molar refractivity (Wildman–Crippen MR) is 120 cm³/mol. The zero-order valence-electron chi connectivity index (χ0n) is 17.6. The molecule has 0 radical (unpaired) electrons. The van der Waals surface area contributed by atoms with Crippen molar-refractivity contribution in [3.63, 3.8) is 0 Å². The van der Waals surface area contributed by atoms with Crippen LogP contribution in [-0.2, 0) is 6.54 Å². The average Bonchev–Trinajstić information content (AvgIpc) is 3.25. The van der Waals surface area contributed by atoms with Gasteiger partial charge < -0.3 is 4.57 Å². The van der Waals surface area contributed by atoms with Crippen molar-refractivity contribution in [3.8, 4) is 0 Å². The average molecular weight is 414 g/mol. The highest BCUT2D eigenvalue weighted by Crippen LogP contribution is 2.19. The van der Waals surface area contributed by atoms with Crippen LogP contribution in [0.5, 0.6) is 0 Å². The Hall–Kier alpha value is -2.50. The van der Waals surface area contributed by atoms with Crippen molar-refractivity contribution in [2.45, 2.75) is 58.1 Å². The number of rotatable bonds is 9. The number of benzene rings is 2. The molecule has 0 atom stereocenters. The van der Waals surface area contributed by atoms with Gasteiger partial charge in [0.1, 0.15) is 0 Å². The van der Waals surface area contributed by atoms with Crippen LogP contribution in [0.15, 0.2) is 79.4 Å². The monoisotopic (exact) mass is 414 g/mol. The van der Waals surface area contributed by atoms with Gasteiger partial charge in [0, 0.05) is 18.9 Å². The minimum atomic E-state index is -4.28. The molecule has 6 heteroatoms. The summed E-state index contributed by atoms with van der Waals surface area (Å²) in [5, 5.41) is 0. The van der Waals surface area contributed by atoms with E-state index in [1.807, 2.05) is 18.7 Å². The van der Waals surface area contributed by atoms with Gasteiger partial charge in [-0.25, -0.2) is 4.98 Å². The Balaban J connectivity index is 0.000000222. The lowest BCUT2D eigenvalue weighted by Gasteiger charge is -2.17. The van der Waals surface area contributed by atoms with Crippen molar-refractivity contribution in [2.24, 2.45) is 0 Å². The molecular formula is C24H30BF3N2. The van der Waals surface area contributed by atoms with Gasteiger partial charge in [0.25, 0.3) is 0 Å². The number of halogens is 3. The number of aromatic nitrogens is 2. The van der Waals surface area contributed by atoms with Crippen LogP contribution in [0.25, 0.3) is 0 Å². The number of hydrogen-bond acceptors (Lipinski definition) is 1. The van der Waals surface area contributed by atoms with E-state index in [9.17, 15) is 13.2 Å². The standard InChI is InChI=1S/C13H10BF3.C11H20N2/c15-13(16,17)14(11-7-3-1-4-8-11)12-9-5-2-6-10-12;1-2-3-4-5-6-7-9-13-10-8-12-11-13/h1-10H;8,10-11H,2-7,9H2,1H3. The van der Waals surface area contributed by atoms with E-state index in [2.05, 4.69) is 16.5 Å². The van der Waals surface area contributed by atoms with E-state index in [0.29, 0.717) is 0 Å². The van der Waals surface area contributed by atoms with E-state index >= 15 is 0 Å². The van der Waals surface area contributed by atoms with Crippen LogP contribution in [0.2, 0.25) is 0 Å². The molecule has 30 heavy (non-hydrogen) atoms. The van der Waals surface area contributed by atoms with Gasteiger partial charge in [-0.3, -0.25) is 0 Å². The second-order valence-corrected chi connectivity index (χ2v) is 7.36. The van der Waals surface area contributed by atoms with Crippen molar-refractivity contribution in [3.05, 3.63) is 79.4 Å². The van der Waals surface area contributed by atoms with Crippen LogP contribution in [0.4, 0.5) is 13.2 Å². The molecule has 3 rings (SSSR count). The number of imidazole rings is 1. The van der Waals surface area contributed by atoms with E-state index in [0.717, 1.165) is 6.54 Å². The molecule has 0 aliphatic carbocycles. The lowest BCUT2D eigenvalue weighted by molar-refractivity contribution is -0.0483. The minimum absolute atomic E-state index is 0.270. The molecule has 160 valence electrons. The van der Waals surface area contributed by atoms with Crippen LogP contribution >= 0.6 is 0 Å². The molecule has 0 aliphatic heterocycles. The van der Waals surface area contributed by atoms with Gasteiger partial charge in [0.15, 0.2) is 0 Å². The zero-order valence-corrected chi connectivity index (χ0v) is 17.6. The SMILES string of the molecule is CCCCCCCCn1ccnc1.FC(F)(F)B(c1ccccc1)c1ccccc1. The fourth-order valence-corrected chi connectivity index (χ4v) is 3.36. The summed E-state index contributed by atoms with van der Waals surface area (Å²) in [5.74, 6) is 0. The topological polar surface area (TPSA) is 17.8 Å². The van der Waals surface area contributed by atoms with Gasteiger partial charge in [-0.15, -0.1) is 0 Å². The second kappa shape index (κ2) is 12.9. The normalized spacial score (nSPS) is 10.9. The molecule has 0 saturated carbocycles. The largest absolute Gasteiger partial charge is 0.356 e. The third-order valence-corrected chi connectivity index (χ3v) is 4.92. The summed E-state index contributed by atoms with van der Waals surface area (Å²) in [4.78, 5) is 4.01. The van der Waals surface area contributed by atoms with E-state index in [1.165, 1.54) is 62.8 Å². The van der Waals surface area contributed by atoms with Crippen LogP contribution in [0, 0.1) is 0 Å². The predicted octanol–water partition coefficient (Wildman–Crippen LogP) is 5.64. The van der Waals surface area contributed by atoms with Crippen molar-refractivity contribution in [1.82, 2.24) is 9.55 Å². The Kier molecular flexibility index (Phi) is 10.3. The van der Waals surface area contributed by atoms with Crippen LogP contribution in [0.3, 0.4) is 0 Å². The molecule has 1 aromatic heterocycles. The highest BCUT2D eigenvalue weighted by Gasteiger charge is 2.45. The van der Waals surface area contributed by atoms with Gasteiger partial charge in [-0.2, -0.15) is 13.2 Å². The van der Waals surface area contributed by atoms with Crippen LogP contribution in [0.1, 0.15) is 45.4 Å². The van der Waals surface area contributed by atoms with Crippen molar-refractivity contribution in [2.75, 3.05) is 0 Å². The van der Waals surface area contributed by atoms with Gasteiger partial charge in [-0.05, 0) is 6.42 Å². The van der Waals surface area contributed by atoms with Gasteiger partial charge >= 0.3 is 12.8 Å². The van der Waals surface area contributed by atoms with Gasteiger partial charge in [0.2, 0.25) is 0 Å². The van der Waals surface area contributed by atoms with Crippen LogP contribution in [-0.4, -0.2) is 22.3 Å². The van der Waals surface area contributed by atoms with E-state index in [1.54, 1.807) is 36.4 Å². The summed E-state index contributed by atoms with van der Waals surface area (Å²) in [6, 6.07) is 15.9. The number of hydrogen-bond donors (Lipinski definition) is 0. The van der Waals surface area contributed by atoms with E-state index in [-0.39, 0.29) is 10.9 Å². The second-order valence-electron chi connectivity index (χ2n) is 7.36. The smallest absolute Gasteiger partial charge is 0.337 e. The molecule has 0 amide bonds. The molecule has 0 unspecified atom stereocenters. The molecule has 2 nitrogen and oxygen atoms in total. The molecule has 0 spiro atoms. The van der Waals surface area contributed by atoms with Gasteiger partial charge in [0.05, 0.1) is 6.33 Å². The summed E-state index contributed by atoms with van der Waals surface area (Å²) in [6.45, 7) is 1.84. The minimum Gasteiger partial charge on any atom is -0.337 e. The first-order valence-corrected chi connectivity index (χ1v) is 10.6. The maximum absolute atomic E-state index is 13.1. The Morgan fingerprint density at radius 1 is 0.800 bits per heavy atom. The van der Waals surface area contributed by atoms with Crippen molar-refractivity contribution < 1.29 is 13.2 Å². The van der Waals surface area contributed by atoms with E-state index in [4.69, 9.17) is 0 Å². The third kappa shape index (κ3) is 8.48. The lowest BCUT2D eigenvalue weighted by Crippen LogP contribution is -2.53. The Bertz CT molecular complexity index is 751. The molecule has 2 aromatic carbocycles. The quantitative estimate of drug-likeness (QED) is 0.327. The fraction of sp³-hybridized carbons (Fsp3) is 0.375. The summed E-state index contributed by atoms with van der Waals surface area (Å²) in [6.07, 6.45) is 9.67. The first-order chi connectivity index (χ1) is 14.5. The van der Waals surface area contributed by atoms with Gasteiger partial charge in [-0.1, -0.05) is 111 Å². The Labute approximate surface area is 178 Å². The third-order valence-electron chi connectivity index (χ3n) is 4.92. The molecule has 1 heterocycles. The number of aryl methyl sites for hydroxylation is 1. The van der Waals surface area contributed by atoms with E-state index < -0.39 is 12.8 Å². The molecule has 3 aromatic rings. The maximum atomic E-state index is 13.1. The first-order valence-electron chi connectivity index (χ1n) is 10.6. The molecule has 0 N–H and O–H groups in total. The summed E-state index contributed by atoms with van der Waals surface area (Å²) >= 11 is 0.